The highest BCUT2D eigenvalue weighted by atomic mass is 32.2. The zero-order valence-electron chi connectivity index (χ0n) is 20.4. The number of carboxylic acids is 1. The number of anilines is 1. The van der Waals surface area contributed by atoms with Crippen molar-refractivity contribution in [3.05, 3.63) is 56.7 Å². The van der Waals surface area contributed by atoms with Crippen LogP contribution < -0.4 is 16.5 Å². The first-order chi connectivity index (χ1) is 19.6. The molecule has 3 aromatic rings. The number of amides is 2. The highest BCUT2D eigenvalue weighted by Crippen LogP contribution is 2.41. The average molecular weight is 639 g/mol. The van der Waals surface area contributed by atoms with Gasteiger partial charge in [-0.05, 0) is 17.1 Å². The average Bonchev–Trinajstić information content (AvgIpc) is 3.62. The number of pyridine rings is 1. The van der Waals surface area contributed by atoms with Gasteiger partial charge in [0.15, 0.2) is 23.2 Å². The van der Waals surface area contributed by atoms with Crippen molar-refractivity contribution >= 4 is 75.0 Å². The Morgan fingerprint density at radius 2 is 2.15 bits per heavy atom. The van der Waals surface area contributed by atoms with E-state index in [4.69, 9.17) is 10.6 Å². The molecule has 214 valence electrons. The van der Waals surface area contributed by atoms with Crippen molar-refractivity contribution in [2.45, 2.75) is 22.2 Å². The number of β-lactam (4-membered cyclic amide) rings is 1. The fourth-order valence-corrected chi connectivity index (χ4v) is 7.27. The highest BCUT2D eigenvalue weighted by molar-refractivity contribution is 8.01. The first-order valence-corrected chi connectivity index (χ1v) is 15.0. The molecule has 2 amide bonds. The lowest BCUT2D eigenvalue weighted by atomic mass is 10.0. The number of hydrogen-bond donors (Lipinski definition) is 5. The van der Waals surface area contributed by atoms with Crippen LogP contribution in [-0.2, 0) is 25.8 Å². The number of nitrogens with zero attached hydrogens (tertiary/aromatic N) is 6. The van der Waals surface area contributed by atoms with Gasteiger partial charge in [-0.1, -0.05) is 9.64 Å². The minimum absolute atomic E-state index is 0.0417. The predicted molar refractivity (Wildman–Crippen MR) is 148 cm³/mol. The summed E-state index contributed by atoms with van der Waals surface area (Å²) < 4.78 is 5.04. The molecule has 0 bridgehead atoms. The summed E-state index contributed by atoms with van der Waals surface area (Å²) in [5.41, 5.74) is 4.98. The van der Waals surface area contributed by atoms with E-state index < -0.39 is 47.0 Å². The number of aromatic hydroxyl groups is 1. The van der Waals surface area contributed by atoms with E-state index in [1.165, 1.54) is 40.4 Å². The van der Waals surface area contributed by atoms with Gasteiger partial charge in [-0.2, -0.15) is 4.73 Å². The van der Waals surface area contributed by atoms with Gasteiger partial charge in [-0.3, -0.25) is 19.3 Å². The molecule has 0 spiro atoms. The molecule has 41 heavy (non-hydrogen) atoms. The number of carboxylic acid groups (broad SMARTS) is 1. The third-order valence-electron chi connectivity index (χ3n) is 5.70. The van der Waals surface area contributed by atoms with E-state index in [0.29, 0.717) is 21.8 Å². The molecule has 16 nitrogen and oxygen atoms in total. The molecule has 0 aromatic carbocycles. The Balaban J connectivity index is 1.31. The Kier molecular flexibility index (Phi) is 8.15. The summed E-state index contributed by atoms with van der Waals surface area (Å²) in [6, 6.07) is -0.135. The second kappa shape index (κ2) is 11.8. The van der Waals surface area contributed by atoms with Crippen LogP contribution in [0.5, 0.6) is 5.75 Å². The largest absolute Gasteiger partial charge is 0.503 e. The molecule has 1 fully saturated rings. The van der Waals surface area contributed by atoms with E-state index in [9.17, 15) is 34.6 Å². The van der Waals surface area contributed by atoms with Gasteiger partial charge in [0.1, 0.15) is 32.7 Å². The summed E-state index contributed by atoms with van der Waals surface area (Å²) in [7, 11) is 0. The van der Waals surface area contributed by atoms with Crippen LogP contribution in [0.15, 0.2) is 49.3 Å². The Labute approximate surface area is 245 Å². The third kappa shape index (κ3) is 5.85. The molecule has 6 N–H and O–H groups in total. The summed E-state index contributed by atoms with van der Waals surface area (Å²) in [4.78, 5) is 60.4. The van der Waals surface area contributed by atoms with Crippen LogP contribution in [0.4, 0.5) is 5.13 Å². The fourth-order valence-electron chi connectivity index (χ4n) is 3.81. The van der Waals surface area contributed by atoms with Gasteiger partial charge in [-0.15, -0.1) is 40.0 Å². The van der Waals surface area contributed by atoms with Gasteiger partial charge in [0, 0.05) is 23.0 Å². The smallest absolute Gasteiger partial charge is 0.352 e. The number of carbonyl (C=O) groups is 3. The minimum atomic E-state index is -1.25. The lowest BCUT2D eigenvalue weighted by molar-refractivity contribution is -0.150. The Bertz CT molecular complexity index is 1640. The second-order valence-electron chi connectivity index (χ2n) is 8.29. The number of nitrogens with two attached hydrogens (primary N) is 1. The van der Waals surface area contributed by atoms with Crippen molar-refractivity contribution in [1.29, 1.82) is 0 Å². The summed E-state index contributed by atoms with van der Waals surface area (Å²) in [5, 5.41) is 40.1. The molecule has 2 aliphatic heterocycles. The Morgan fingerprint density at radius 3 is 2.83 bits per heavy atom. The normalized spacial score (nSPS) is 18.6. The summed E-state index contributed by atoms with van der Waals surface area (Å²) in [6.45, 7) is -0.470. The lowest BCUT2D eigenvalue weighted by Gasteiger charge is -2.49. The number of carbonyl (C=O) groups excluding carboxylic acids is 2. The SMILES string of the molecule is Nc1nc(/C(=N\OCc2cc(=O)c(O)cn2O)C(=O)N[C@@H]2C(=O)N3C(C(=O)O)=C(CSc4cnns4)CS[C@H]23)cs1. The number of aromatic nitrogens is 4. The highest BCUT2D eigenvalue weighted by Gasteiger charge is 2.54. The van der Waals surface area contributed by atoms with Crippen molar-refractivity contribution in [2.24, 2.45) is 5.16 Å². The molecule has 0 aliphatic carbocycles. The van der Waals surface area contributed by atoms with Crippen molar-refractivity contribution < 1.29 is 34.6 Å². The standard InChI is InChI=1S/C21H18N8O8S4/c22-21-24-10(7-40-21)14(26-37-4-9-1-11(30)12(31)3-28(9)36)17(32)25-15-18(33)29-16(20(34)35)8(6-39-19(15)29)5-38-13-2-23-27-41-13/h1-3,7,15,19,31,36H,4-6H2,(H2,22,24)(H,25,32)(H,34,35)/b26-14+/t15-,19-/m1/s1. The predicted octanol–water partition coefficient (Wildman–Crippen LogP) is 0.133. The zero-order chi connectivity index (χ0) is 29.3. The summed E-state index contributed by atoms with van der Waals surface area (Å²) in [6.07, 6.45) is 2.34. The quantitative estimate of drug-likeness (QED) is 0.0653. The third-order valence-corrected chi connectivity index (χ3v) is 9.64. The van der Waals surface area contributed by atoms with Crippen molar-refractivity contribution in [2.75, 3.05) is 17.2 Å². The van der Waals surface area contributed by atoms with E-state index in [2.05, 4.69) is 25.0 Å². The first kappa shape index (κ1) is 28.4. The van der Waals surface area contributed by atoms with Crippen LogP contribution >= 0.6 is 46.4 Å². The number of thiazole rings is 1. The van der Waals surface area contributed by atoms with Crippen LogP contribution in [-0.4, -0.2) is 86.0 Å². The summed E-state index contributed by atoms with van der Waals surface area (Å²) in [5.74, 6) is -2.74. The molecular formula is C21H18N8O8S4. The molecular weight excluding hydrogens is 621 g/mol. The molecule has 5 rings (SSSR count). The molecule has 2 atom stereocenters. The molecule has 0 unspecified atom stereocenters. The van der Waals surface area contributed by atoms with Gasteiger partial charge in [-0.25, -0.2) is 9.78 Å². The number of oxime groups is 1. The van der Waals surface area contributed by atoms with E-state index in [-0.39, 0.29) is 27.9 Å². The molecule has 2 aliphatic rings. The Hall–Kier alpha value is -4.14. The van der Waals surface area contributed by atoms with E-state index in [1.54, 1.807) is 6.20 Å². The van der Waals surface area contributed by atoms with Gasteiger partial charge in [0.2, 0.25) is 5.43 Å². The number of nitrogens with one attached hydrogen (secondary N) is 1. The molecule has 20 heteroatoms. The number of hydrogen-bond acceptors (Lipinski definition) is 16. The first-order valence-electron chi connectivity index (χ1n) is 11.3. The second-order valence-corrected chi connectivity index (χ2v) is 12.3. The maximum absolute atomic E-state index is 13.2. The van der Waals surface area contributed by atoms with E-state index in [0.717, 1.165) is 32.7 Å². The van der Waals surface area contributed by atoms with Gasteiger partial charge in [0.05, 0.1) is 12.4 Å². The minimum Gasteiger partial charge on any atom is -0.503 e. The molecule has 0 radical (unpaired) electrons. The van der Waals surface area contributed by atoms with E-state index in [1.807, 2.05) is 0 Å². The van der Waals surface area contributed by atoms with Crippen molar-refractivity contribution in [3.63, 3.8) is 0 Å². The number of fused-ring (bicyclic) bond motifs is 1. The van der Waals surface area contributed by atoms with E-state index >= 15 is 0 Å². The van der Waals surface area contributed by atoms with Crippen LogP contribution in [0.3, 0.4) is 0 Å². The maximum Gasteiger partial charge on any atom is 0.352 e. The topological polar surface area (TPSA) is 235 Å². The van der Waals surface area contributed by atoms with Crippen molar-refractivity contribution in [1.82, 2.24) is 29.5 Å². The fraction of sp³-hybridized carbons (Fsp3) is 0.238. The van der Waals surface area contributed by atoms with Crippen LogP contribution in [0.25, 0.3) is 0 Å². The Morgan fingerprint density at radius 1 is 1.34 bits per heavy atom. The number of rotatable bonds is 10. The van der Waals surface area contributed by atoms with Crippen LogP contribution in [0, 0.1) is 0 Å². The number of nitrogen functional groups attached to an aromatic ring is 1. The van der Waals surface area contributed by atoms with Gasteiger partial charge >= 0.3 is 5.97 Å². The molecule has 5 heterocycles. The lowest BCUT2D eigenvalue weighted by Crippen LogP contribution is -2.71. The maximum atomic E-state index is 13.2. The van der Waals surface area contributed by atoms with Gasteiger partial charge < -0.3 is 31.3 Å². The summed E-state index contributed by atoms with van der Waals surface area (Å²) >= 11 is 4.88. The number of thioether (sulfide) groups is 2. The monoisotopic (exact) mass is 638 g/mol. The van der Waals surface area contributed by atoms with Crippen molar-refractivity contribution in [3.8, 4) is 5.75 Å². The molecule has 1 saturated heterocycles. The molecule has 0 saturated carbocycles. The van der Waals surface area contributed by atoms with Crippen LogP contribution in [0.2, 0.25) is 0 Å². The van der Waals surface area contributed by atoms with Crippen LogP contribution in [0.1, 0.15) is 11.4 Å². The van der Waals surface area contributed by atoms with Gasteiger partial charge in [0.25, 0.3) is 11.8 Å². The molecule has 3 aromatic heterocycles. The zero-order valence-corrected chi connectivity index (χ0v) is 23.6. The number of aliphatic carboxylic acids is 1.